The first-order valence-electron chi connectivity index (χ1n) is 7.28. The van der Waals surface area contributed by atoms with Crippen LogP contribution in [0.5, 0.6) is 0 Å². The van der Waals surface area contributed by atoms with Crippen LogP contribution in [0.4, 0.5) is 5.69 Å². The van der Waals surface area contributed by atoms with Gasteiger partial charge < -0.3 is 10.6 Å². The van der Waals surface area contributed by atoms with Crippen molar-refractivity contribution in [3.8, 4) is 0 Å². The number of fused-ring (bicyclic) bond motifs is 1. The molecular formula is C16H22N2O2. The zero-order valence-electron chi connectivity index (χ0n) is 12.1. The van der Waals surface area contributed by atoms with E-state index in [1.807, 2.05) is 38.1 Å². The van der Waals surface area contributed by atoms with Crippen molar-refractivity contribution in [3.05, 3.63) is 29.8 Å². The molecule has 0 radical (unpaired) electrons. The SMILES string of the molecule is CCC(C)NC(=O)CCC1Cc2ccccc2NC1=O. The highest BCUT2D eigenvalue weighted by Gasteiger charge is 2.26. The van der Waals surface area contributed by atoms with E-state index in [2.05, 4.69) is 10.6 Å². The monoisotopic (exact) mass is 274 g/mol. The van der Waals surface area contributed by atoms with Crippen LogP contribution in [0.25, 0.3) is 0 Å². The summed E-state index contributed by atoms with van der Waals surface area (Å²) in [6.07, 6.45) is 2.65. The number of para-hydroxylation sites is 1. The van der Waals surface area contributed by atoms with Crippen molar-refractivity contribution in [2.24, 2.45) is 5.92 Å². The number of amides is 2. The van der Waals surface area contributed by atoms with Crippen molar-refractivity contribution in [1.82, 2.24) is 5.32 Å². The topological polar surface area (TPSA) is 58.2 Å². The molecule has 0 bridgehead atoms. The minimum atomic E-state index is -0.104. The van der Waals surface area contributed by atoms with E-state index >= 15 is 0 Å². The molecule has 4 heteroatoms. The van der Waals surface area contributed by atoms with Gasteiger partial charge in [0.15, 0.2) is 0 Å². The minimum Gasteiger partial charge on any atom is -0.354 e. The summed E-state index contributed by atoms with van der Waals surface area (Å²) < 4.78 is 0. The summed E-state index contributed by atoms with van der Waals surface area (Å²) >= 11 is 0. The van der Waals surface area contributed by atoms with Crippen LogP contribution in [-0.4, -0.2) is 17.9 Å². The van der Waals surface area contributed by atoms with Crippen molar-refractivity contribution in [3.63, 3.8) is 0 Å². The Morgan fingerprint density at radius 2 is 2.20 bits per heavy atom. The first-order chi connectivity index (χ1) is 9.60. The fourth-order valence-electron chi connectivity index (χ4n) is 2.40. The third-order valence-corrected chi connectivity index (χ3v) is 3.85. The van der Waals surface area contributed by atoms with Crippen LogP contribution in [0.15, 0.2) is 24.3 Å². The minimum absolute atomic E-state index is 0.0278. The smallest absolute Gasteiger partial charge is 0.227 e. The summed E-state index contributed by atoms with van der Waals surface area (Å²) in [4.78, 5) is 23.8. The second kappa shape index (κ2) is 6.55. The van der Waals surface area contributed by atoms with E-state index in [0.29, 0.717) is 12.8 Å². The number of carbonyl (C=O) groups is 2. The quantitative estimate of drug-likeness (QED) is 0.866. The van der Waals surface area contributed by atoms with Gasteiger partial charge in [0, 0.05) is 24.1 Å². The van der Waals surface area contributed by atoms with Crippen LogP contribution >= 0.6 is 0 Å². The lowest BCUT2D eigenvalue weighted by molar-refractivity contribution is -0.123. The van der Waals surface area contributed by atoms with Crippen LogP contribution in [0.1, 0.15) is 38.7 Å². The zero-order chi connectivity index (χ0) is 14.5. The van der Waals surface area contributed by atoms with Crippen LogP contribution in [0.2, 0.25) is 0 Å². The van der Waals surface area contributed by atoms with E-state index < -0.39 is 0 Å². The van der Waals surface area contributed by atoms with Crippen molar-refractivity contribution >= 4 is 17.5 Å². The molecular weight excluding hydrogens is 252 g/mol. The summed E-state index contributed by atoms with van der Waals surface area (Å²) in [7, 11) is 0. The fourth-order valence-corrected chi connectivity index (χ4v) is 2.40. The molecule has 0 saturated heterocycles. The summed E-state index contributed by atoms with van der Waals surface area (Å²) in [5.41, 5.74) is 2.05. The number of rotatable bonds is 5. The molecule has 0 fully saturated rings. The Kier molecular flexibility index (Phi) is 4.77. The van der Waals surface area contributed by atoms with Crippen LogP contribution in [-0.2, 0) is 16.0 Å². The summed E-state index contributed by atoms with van der Waals surface area (Å²) in [6.45, 7) is 4.03. The highest BCUT2D eigenvalue weighted by atomic mass is 16.2. The summed E-state index contributed by atoms with van der Waals surface area (Å²) in [5, 5.41) is 5.85. The lowest BCUT2D eigenvalue weighted by Gasteiger charge is -2.24. The molecule has 1 aliphatic heterocycles. The van der Waals surface area contributed by atoms with Crippen molar-refractivity contribution in [1.29, 1.82) is 0 Å². The summed E-state index contributed by atoms with van der Waals surface area (Å²) in [6, 6.07) is 8.03. The Hall–Kier alpha value is -1.84. The second-order valence-corrected chi connectivity index (χ2v) is 5.46. The third kappa shape index (κ3) is 3.59. The Morgan fingerprint density at radius 3 is 2.95 bits per heavy atom. The van der Waals surface area contributed by atoms with Crippen LogP contribution < -0.4 is 10.6 Å². The number of nitrogens with one attached hydrogen (secondary N) is 2. The average Bonchev–Trinajstić information content (AvgIpc) is 2.44. The molecule has 1 heterocycles. The normalized spacial score (nSPS) is 18.9. The molecule has 0 spiro atoms. The van der Waals surface area contributed by atoms with Gasteiger partial charge in [-0.15, -0.1) is 0 Å². The fraction of sp³-hybridized carbons (Fsp3) is 0.500. The van der Waals surface area contributed by atoms with E-state index in [4.69, 9.17) is 0 Å². The number of hydrogen-bond donors (Lipinski definition) is 2. The predicted molar refractivity (Wildman–Crippen MR) is 79.4 cm³/mol. The highest BCUT2D eigenvalue weighted by molar-refractivity contribution is 5.96. The maximum absolute atomic E-state index is 12.0. The van der Waals surface area contributed by atoms with Gasteiger partial charge in [-0.3, -0.25) is 9.59 Å². The predicted octanol–water partition coefficient (Wildman–Crippen LogP) is 2.49. The van der Waals surface area contributed by atoms with Crippen LogP contribution in [0.3, 0.4) is 0 Å². The van der Waals surface area contributed by atoms with Crippen molar-refractivity contribution < 1.29 is 9.59 Å². The number of benzene rings is 1. The first-order valence-corrected chi connectivity index (χ1v) is 7.28. The Bertz CT molecular complexity index is 499. The Morgan fingerprint density at radius 1 is 1.45 bits per heavy atom. The average molecular weight is 274 g/mol. The largest absolute Gasteiger partial charge is 0.354 e. The molecule has 1 aromatic rings. The Balaban J connectivity index is 1.88. The van der Waals surface area contributed by atoms with E-state index in [0.717, 1.165) is 24.1 Å². The molecule has 1 aliphatic rings. The molecule has 2 rings (SSSR count). The van der Waals surface area contributed by atoms with Crippen molar-refractivity contribution in [2.75, 3.05) is 5.32 Å². The lowest BCUT2D eigenvalue weighted by Crippen LogP contribution is -2.34. The van der Waals surface area contributed by atoms with E-state index in [9.17, 15) is 9.59 Å². The molecule has 0 saturated carbocycles. The van der Waals surface area contributed by atoms with Gasteiger partial charge >= 0.3 is 0 Å². The second-order valence-electron chi connectivity index (χ2n) is 5.46. The van der Waals surface area contributed by atoms with Crippen molar-refractivity contribution in [2.45, 2.75) is 45.6 Å². The molecule has 2 atom stereocenters. The van der Waals surface area contributed by atoms with Gasteiger partial charge in [-0.1, -0.05) is 25.1 Å². The number of carbonyl (C=O) groups excluding carboxylic acids is 2. The summed E-state index contributed by atoms with van der Waals surface area (Å²) in [5.74, 6) is -0.0429. The van der Waals surface area contributed by atoms with E-state index in [1.165, 1.54) is 0 Å². The van der Waals surface area contributed by atoms with Gasteiger partial charge in [0.25, 0.3) is 0 Å². The van der Waals surface area contributed by atoms with Gasteiger partial charge in [0.1, 0.15) is 0 Å². The maximum Gasteiger partial charge on any atom is 0.227 e. The van der Waals surface area contributed by atoms with Gasteiger partial charge in [-0.2, -0.15) is 0 Å². The Labute approximate surface area is 119 Å². The van der Waals surface area contributed by atoms with E-state index in [-0.39, 0.29) is 23.8 Å². The maximum atomic E-state index is 12.0. The number of hydrogen-bond acceptors (Lipinski definition) is 2. The van der Waals surface area contributed by atoms with Gasteiger partial charge in [-0.25, -0.2) is 0 Å². The molecule has 0 aromatic heterocycles. The number of anilines is 1. The molecule has 1 aromatic carbocycles. The molecule has 4 nitrogen and oxygen atoms in total. The first kappa shape index (κ1) is 14.6. The molecule has 0 aliphatic carbocycles. The standard InChI is InChI=1S/C16H22N2O2/c1-3-11(2)17-15(19)9-8-13-10-12-6-4-5-7-14(12)18-16(13)20/h4-7,11,13H,3,8-10H2,1-2H3,(H,17,19)(H,18,20). The van der Waals surface area contributed by atoms with Gasteiger partial charge in [-0.05, 0) is 37.8 Å². The third-order valence-electron chi connectivity index (χ3n) is 3.85. The molecule has 2 amide bonds. The van der Waals surface area contributed by atoms with E-state index in [1.54, 1.807) is 0 Å². The van der Waals surface area contributed by atoms with Gasteiger partial charge in [0.05, 0.1) is 0 Å². The lowest BCUT2D eigenvalue weighted by atomic mass is 9.89. The van der Waals surface area contributed by atoms with Crippen LogP contribution in [0, 0.1) is 5.92 Å². The molecule has 20 heavy (non-hydrogen) atoms. The highest BCUT2D eigenvalue weighted by Crippen LogP contribution is 2.27. The molecule has 108 valence electrons. The molecule has 2 N–H and O–H groups in total. The molecule has 2 unspecified atom stereocenters. The zero-order valence-corrected chi connectivity index (χ0v) is 12.1. The van der Waals surface area contributed by atoms with Gasteiger partial charge in [0.2, 0.25) is 11.8 Å².